The molecule has 1 saturated heterocycles. The molecule has 3 aliphatic heterocycles. The maximum absolute atomic E-state index is 12.3. The van der Waals surface area contributed by atoms with Gasteiger partial charge in [-0.05, 0) is 82.9 Å². The fourth-order valence-corrected chi connectivity index (χ4v) is 6.86. The summed E-state index contributed by atoms with van der Waals surface area (Å²) in [4.78, 5) is 14.1. The number of rotatable bonds is 0. The van der Waals surface area contributed by atoms with E-state index in [0.29, 0.717) is 25.9 Å². The van der Waals surface area contributed by atoms with Gasteiger partial charge in [-0.1, -0.05) is 30.7 Å². The first-order valence-electron chi connectivity index (χ1n) is 15.4. The highest BCUT2D eigenvalue weighted by molar-refractivity contribution is 5.85. The number of amides is 1. The van der Waals surface area contributed by atoms with Crippen molar-refractivity contribution < 1.29 is 19.0 Å². The van der Waals surface area contributed by atoms with Crippen LogP contribution < -0.4 is 9.47 Å². The summed E-state index contributed by atoms with van der Waals surface area (Å²) >= 11 is 0. The number of hydrogen-bond donors (Lipinski definition) is 0. The number of likely N-dealkylation sites (tertiary alicyclic amines) is 1. The Labute approximate surface area is 264 Å². The highest BCUT2D eigenvalue weighted by atomic mass is 35.5. The molecule has 4 aromatic rings. The summed E-state index contributed by atoms with van der Waals surface area (Å²) in [6.45, 7) is 6.85. The minimum absolute atomic E-state index is 0. The molecule has 232 valence electrons. The van der Waals surface area contributed by atoms with E-state index in [2.05, 4.69) is 33.1 Å². The van der Waals surface area contributed by atoms with Gasteiger partial charge in [-0.15, -0.1) is 12.4 Å². The van der Waals surface area contributed by atoms with Crippen molar-refractivity contribution in [1.29, 1.82) is 0 Å². The fraction of sp³-hybridized carbons (Fsp3) is 0.441. The van der Waals surface area contributed by atoms with Gasteiger partial charge < -0.3 is 19.1 Å². The third-order valence-corrected chi connectivity index (χ3v) is 8.90. The summed E-state index contributed by atoms with van der Waals surface area (Å²) in [6, 6.07) is 20.2. The highest BCUT2D eigenvalue weighted by Crippen LogP contribution is 2.47. The molecule has 2 spiro atoms. The largest absolute Gasteiger partial charge is 0.479 e. The molecule has 0 bridgehead atoms. The van der Waals surface area contributed by atoms with Crippen LogP contribution >= 0.6 is 12.4 Å². The first kappa shape index (κ1) is 30.1. The summed E-state index contributed by atoms with van der Waals surface area (Å²) in [6.07, 6.45) is 10.9. The van der Waals surface area contributed by atoms with Crippen molar-refractivity contribution in [2.24, 2.45) is 0 Å². The van der Waals surface area contributed by atoms with Gasteiger partial charge in [0.25, 0.3) is 0 Å². The minimum Gasteiger partial charge on any atom is -0.479 e. The van der Waals surface area contributed by atoms with Gasteiger partial charge in [0.05, 0.1) is 11.4 Å². The van der Waals surface area contributed by atoms with Crippen molar-refractivity contribution in [3.8, 4) is 22.9 Å². The molecule has 2 aromatic heterocycles. The van der Waals surface area contributed by atoms with Crippen LogP contribution in [0.25, 0.3) is 11.4 Å². The lowest BCUT2D eigenvalue weighted by molar-refractivity contribution is -0.0275. The van der Waals surface area contributed by atoms with E-state index in [0.717, 1.165) is 41.4 Å². The number of halogens is 1. The van der Waals surface area contributed by atoms with Gasteiger partial charge in [-0.25, -0.2) is 14.2 Å². The number of carbonyl (C=O) groups is 1. The molecule has 1 amide bonds. The third-order valence-electron chi connectivity index (χ3n) is 8.90. The topological polar surface area (TPSA) is 83.6 Å². The van der Waals surface area contributed by atoms with Crippen LogP contribution in [0.2, 0.25) is 0 Å². The van der Waals surface area contributed by atoms with Crippen LogP contribution in [-0.4, -0.2) is 49.2 Å². The zero-order valence-corrected chi connectivity index (χ0v) is 26.4. The molecular formula is C34H40ClN5O4. The van der Waals surface area contributed by atoms with E-state index in [1.54, 1.807) is 4.90 Å². The van der Waals surface area contributed by atoms with Crippen molar-refractivity contribution in [2.45, 2.75) is 82.5 Å². The maximum Gasteiger partial charge on any atom is 0.410 e. The molecule has 2 aromatic carbocycles. The monoisotopic (exact) mass is 617 g/mol. The Bertz CT molecular complexity index is 1630. The first-order valence-corrected chi connectivity index (χ1v) is 15.4. The summed E-state index contributed by atoms with van der Waals surface area (Å²) in [5.74, 6) is 1.81. The van der Waals surface area contributed by atoms with Crippen molar-refractivity contribution >= 4 is 18.5 Å². The van der Waals surface area contributed by atoms with Gasteiger partial charge in [0.2, 0.25) is 0 Å². The van der Waals surface area contributed by atoms with Crippen LogP contribution in [-0.2, 0) is 15.9 Å². The maximum atomic E-state index is 12.3. The molecule has 44 heavy (non-hydrogen) atoms. The molecule has 0 unspecified atom stereocenters. The van der Waals surface area contributed by atoms with Crippen LogP contribution in [0, 0.1) is 0 Å². The number of carbonyl (C=O) groups excluding carboxylic acids is 1. The molecule has 0 atom stereocenters. The number of aromatic nitrogens is 4. The van der Waals surface area contributed by atoms with E-state index >= 15 is 0 Å². The number of para-hydroxylation sites is 4. The number of hydrogen-bond acceptors (Lipinski definition) is 6. The van der Waals surface area contributed by atoms with Gasteiger partial charge in [0, 0.05) is 38.3 Å². The SMILES string of the molecule is CC(C)(C)OC(=O)N1CCC2(CC1)Oc1ccccc1-n1nccc12.Cl.c1ccc2c(c1)OC1(CCCCC1)c1ccnn1-2. The third kappa shape index (κ3) is 5.31. The standard InChI is InChI=1S/C19H23N3O3.C15H16N2O.ClH/c1-18(2,3)25-17(23)21-12-9-19(10-13-21)16-8-11-20-22(16)14-6-4-5-7-15(14)24-19;1-4-9-15(10-5-1)14-8-11-16-17(14)12-6-2-3-7-13(12)18-15;/h4-8,11H,9-10,12-13H2,1-3H3;2-3,6-8,11H,1,4-5,9-10H2;1H. The second-order valence-corrected chi connectivity index (χ2v) is 12.9. The van der Waals surface area contributed by atoms with Crippen LogP contribution in [0.4, 0.5) is 4.79 Å². The molecule has 4 aliphatic rings. The van der Waals surface area contributed by atoms with Gasteiger partial charge in [0.1, 0.15) is 28.5 Å². The van der Waals surface area contributed by atoms with Crippen molar-refractivity contribution in [2.75, 3.05) is 13.1 Å². The predicted molar refractivity (Wildman–Crippen MR) is 169 cm³/mol. The Balaban J connectivity index is 0.000000160. The quantitative estimate of drug-likeness (QED) is 0.205. The Morgan fingerprint density at radius 3 is 1.70 bits per heavy atom. The van der Waals surface area contributed by atoms with Gasteiger partial charge >= 0.3 is 6.09 Å². The lowest BCUT2D eigenvalue weighted by Gasteiger charge is -2.44. The van der Waals surface area contributed by atoms with E-state index in [1.165, 1.54) is 25.0 Å². The van der Waals surface area contributed by atoms with E-state index in [1.807, 2.05) is 80.3 Å². The van der Waals surface area contributed by atoms with Crippen LogP contribution in [0.15, 0.2) is 73.1 Å². The molecular weight excluding hydrogens is 578 g/mol. The Kier molecular flexibility index (Phi) is 7.86. The summed E-state index contributed by atoms with van der Waals surface area (Å²) < 4.78 is 22.3. The van der Waals surface area contributed by atoms with Crippen LogP contribution in [0.1, 0.15) is 77.1 Å². The minimum atomic E-state index is -0.481. The van der Waals surface area contributed by atoms with E-state index in [-0.39, 0.29) is 24.1 Å². The summed E-state index contributed by atoms with van der Waals surface area (Å²) in [7, 11) is 0. The molecule has 5 heterocycles. The molecule has 2 fully saturated rings. The zero-order chi connectivity index (χ0) is 29.7. The van der Waals surface area contributed by atoms with Gasteiger partial charge in [0.15, 0.2) is 11.2 Å². The van der Waals surface area contributed by atoms with Gasteiger partial charge in [-0.3, -0.25) is 0 Å². The number of piperidine rings is 1. The smallest absolute Gasteiger partial charge is 0.410 e. The second-order valence-electron chi connectivity index (χ2n) is 12.9. The lowest BCUT2D eigenvalue weighted by atomic mass is 9.81. The number of nitrogens with zero attached hydrogens (tertiary/aromatic N) is 5. The second kappa shape index (κ2) is 11.5. The van der Waals surface area contributed by atoms with Crippen molar-refractivity contribution in [3.63, 3.8) is 0 Å². The van der Waals surface area contributed by atoms with Crippen molar-refractivity contribution in [1.82, 2.24) is 24.5 Å². The Hall–Kier alpha value is -3.98. The molecule has 1 aliphatic carbocycles. The molecule has 1 saturated carbocycles. The molecule has 8 rings (SSSR count). The number of benzene rings is 2. The first-order chi connectivity index (χ1) is 20.8. The van der Waals surface area contributed by atoms with E-state index < -0.39 is 11.2 Å². The molecule has 10 heteroatoms. The highest BCUT2D eigenvalue weighted by Gasteiger charge is 2.46. The van der Waals surface area contributed by atoms with Crippen LogP contribution in [0.5, 0.6) is 11.5 Å². The predicted octanol–water partition coefficient (Wildman–Crippen LogP) is 7.34. The van der Waals surface area contributed by atoms with Gasteiger partial charge in [-0.2, -0.15) is 10.2 Å². The van der Waals surface area contributed by atoms with Crippen LogP contribution in [0.3, 0.4) is 0 Å². The average Bonchev–Trinajstić information content (AvgIpc) is 3.70. The molecule has 0 radical (unpaired) electrons. The Morgan fingerprint density at radius 2 is 1.20 bits per heavy atom. The molecule has 0 N–H and O–H groups in total. The number of fused-ring (bicyclic) bond motifs is 8. The summed E-state index contributed by atoms with van der Waals surface area (Å²) in [5.41, 5.74) is 3.24. The van der Waals surface area contributed by atoms with E-state index in [4.69, 9.17) is 14.2 Å². The summed E-state index contributed by atoms with van der Waals surface area (Å²) in [5, 5.41) is 8.97. The normalized spacial score (nSPS) is 18.6. The number of ether oxygens (including phenoxy) is 3. The lowest BCUT2D eigenvalue weighted by Crippen LogP contribution is -2.50. The fourth-order valence-electron chi connectivity index (χ4n) is 6.86. The average molecular weight is 618 g/mol. The van der Waals surface area contributed by atoms with Crippen molar-refractivity contribution in [3.05, 3.63) is 84.4 Å². The Morgan fingerprint density at radius 1 is 0.727 bits per heavy atom. The molecule has 9 nitrogen and oxygen atoms in total. The zero-order valence-electron chi connectivity index (χ0n) is 25.6. The van der Waals surface area contributed by atoms with E-state index in [9.17, 15) is 4.79 Å².